The van der Waals surface area contributed by atoms with Crippen LogP contribution in [0.25, 0.3) is 0 Å². The second kappa shape index (κ2) is 6.79. The maximum Gasteiger partial charge on any atom is 0.408 e. The van der Waals surface area contributed by atoms with Crippen LogP contribution in [0.1, 0.15) is 13.8 Å². The molecule has 0 aromatic carbocycles. The summed E-state index contributed by atoms with van der Waals surface area (Å²) in [6.07, 6.45) is -3.61. The first-order chi connectivity index (χ1) is 9.60. The molecule has 118 valence electrons. The molecule has 1 rings (SSSR count). The quantitative estimate of drug-likeness (QED) is 0.857. The summed E-state index contributed by atoms with van der Waals surface area (Å²) in [4.78, 5) is 23.0. The lowest BCUT2D eigenvalue weighted by Crippen LogP contribution is -2.35. The Morgan fingerprint density at radius 3 is 2.62 bits per heavy atom. The van der Waals surface area contributed by atoms with Crippen molar-refractivity contribution >= 4 is 23.2 Å². The van der Waals surface area contributed by atoms with E-state index in [1.165, 1.54) is 0 Å². The number of nitrogens with zero attached hydrogens (tertiary/aromatic N) is 2. The van der Waals surface area contributed by atoms with Crippen LogP contribution in [-0.2, 0) is 11.3 Å². The Hall–Kier alpha value is -1.77. The van der Waals surface area contributed by atoms with E-state index < -0.39 is 23.3 Å². The molecule has 1 heterocycles. The van der Waals surface area contributed by atoms with Gasteiger partial charge in [0.15, 0.2) is 0 Å². The lowest BCUT2D eigenvalue weighted by molar-refractivity contribution is -0.143. The van der Waals surface area contributed by atoms with Crippen molar-refractivity contribution < 1.29 is 18.0 Å². The zero-order chi connectivity index (χ0) is 16.2. The van der Waals surface area contributed by atoms with Crippen molar-refractivity contribution in [3.8, 4) is 0 Å². The average Bonchev–Trinajstić information content (AvgIpc) is 2.32. The van der Waals surface area contributed by atoms with Crippen LogP contribution in [-0.4, -0.2) is 34.5 Å². The monoisotopic (exact) mass is 326 g/mol. The smallest absolute Gasteiger partial charge is 0.373 e. The number of alkyl halides is 3. The van der Waals surface area contributed by atoms with Gasteiger partial charge in [-0.25, -0.2) is 4.68 Å². The summed E-state index contributed by atoms with van der Waals surface area (Å²) in [6.45, 7) is 1.83. The number of halogens is 4. The third kappa shape index (κ3) is 5.62. The fourth-order valence-electron chi connectivity index (χ4n) is 1.42. The molecule has 0 aliphatic rings. The molecule has 0 saturated carbocycles. The molecule has 21 heavy (non-hydrogen) atoms. The van der Waals surface area contributed by atoms with Gasteiger partial charge < -0.3 is 10.6 Å². The first-order valence-corrected chi connectivity index (χ1v) is 6.33. The van der Waals surface area contributed by atoms with Crippen molar-refractivity contribution in [1.29, 1.82) is 0 Å². The Balaban J connectivity index is 2.81. The lowest BCUT2D eigenvalue weighted by atomic mass is 10.4. The average molecular weight is 327 g/mol. The Morgan fingerprint density at radius 2 is 2.10 bits per heavy atom. The van der Waals surface area contributed by atoms with Crippen LogP contribution in [0.4, 0.5) is 18.9 Å². The number of rotatable bonds is 5. The van der Waals surface area contributed by atoms with Gasteiger partial charge in [0.2, 0.25) is 5.91 Å². The summed E-state index contributed by atoms with van der Waals surface area (Å²) in [5.74, 6) is -0.347. The van der Waals surface area contributed by atoms with Crippen LogP contribution in [0.2, 0.25) is 5.02 Å². The summed E-state index contributed by atoms with van der Waals surface area (Å²) < 4.78 is 36.9. The molecule has 0 saturated heterocycles. The number of anilines is 1. The highest BCUT2D eigenvalue weighted by Crippen LogP contribution is 2.18. The van der Waals surface area contributed by atoms with E-state index in [0.29, 0.717) is 0 Å². The van der Waals surface area contributed by atoms with Gasteiger partial charge in [0.1, 0.15) is 11.6 Å². The minimum absolute atomic E-state index is 0.000928. The molecule has 0 atom stereocenters. The topological polar surface area (TPSA) is 76.0 Å². The van der Waals surface area contributed by atoms with Gasteiger partial charge in [0, 0.05) is 6.04 Å². The van der Waals surface area contributed by atoms with E-state index in [1.54, 1.807) is 13.8 Å². The van der Waals surface area contributed by atoms with E-state index in [0.717, 1.165) is 6.20 Å². The third-order valence-corrected chi connectivity index (χ3v) is 2.57. The Kier molecular flexibility index (Phi) is 5.59. The van der Waals surface area contributed by atoms with Crippen molar-refractivity contribution in [1.82, 2.24) is 15.1 Å². The number of hydrogen-bond acceptors (Lipinski definition) is 4. The van der Waals surface area contributed by atoms with Gasteiger partial charge in [-0.3, -0.25) is 9.59 Å². The van der Waals surface area contributed by atoms with Crippen LogP contribution in [0.15, 0.2) is 11.0 Å². The molecule has 1 amide bonds. The van der Waals surface area contributed by atoms with Gasteiger partial charge in [-0.15, -0.1) is 0 Å². The Labute approximate surface area is 123 Å². The second-order valence-electron chi connectivity index (χ2n) is 4.53. The minimum atomic E-state index is -4.58. The highest BCUT2D eigenvalue weighted by Gasteiger charge is 2.29. The van der Waals surface area contributed by atoms with Crippen LogP contribution in [0, 0.1) is 0 Å². The molecule has 0 spiro atoms. The predicted octanol–water partition coefficient (Wildman–Crippen LogP) is 1.40. The summed E-state index contributed by atoms with van der Waals surface area (Å²) in [6, 6.07) is -0.0623. The second-order valence-corrected chi connectivity index (χ2v) is 4.90. The summed E-state index contributed by atoms with van der Waals surface area (Å²) >= 11 is 5.68. The maximum atomic E-state index is 12.2. The van der Waals surface area contributed by atoms with Crippen molar-refractivity contribution in [2.75, 3.05) is 11.9 Å². The highest BCUT2D eigenvalue weighted by atomic mass is 35.5. The van der Waals surface area contributed by atoms with E-state index in [4.69, 9.17) is 11.6 Å². The van der Waals surface area contributed by atoms with Gasteiger partial charge in [-0.2, -0.15) is 18.3 Å². The molecular formula is C11H14ClF3N4O2. The highest BCUT2D eigenvalue weighted by molar-refractivity contribution is 6.33. The molecular weight excluding hydrogens is 313 g/mol. The molecule has 0 bridgehead atoms. The molecule has 0 unspecified atom stereocenters. The SMILES string of the molecule is CC(C)NC(=O)CNc1cnn(CC(F)(F)F)c(=O)c1Cl. The largest absolute Gasteiger partial charge is 0.408 e. The van der Waals surface area contributed by atoms with Gasteiger partial charge in [0.05, 0.1) is 18.4 Å². The van der Waals surface area contributed by atoms with Crippen molar-refractivity contribution in [2.24, 2.45) is 0 Å². The standard InChI is InChI=1S/C11H14ClF3N4O2/c1-6(2)18-8(20)4-16-7-3-17-19(5-11(13,14)15)10(21)9(7)12/h3,6,16H,4-5H2,1-2H3,(H,18,20). The lowest BCUT2D eigenvalue weighted by Gasteiger charge is -2.12. The maximum absolute atomic E-state index is 12.2. The Morgan fingerprint density at radius 1 is 1.48 bits per heavy atom. The zero-order valence-corrected chi connectivity index (χ0v) is 12.0. The first-order valence-electron chi connectivity index (χ1n) is 5.95. The number of carbonyl (C=O) groups excluding carboxylic acids is 1. The van der Waals surface area contributed by atoms with Crippen LogP contribution in [0.3, 0.4) is 0 Å². The summed E-state index contributed by atoms with van der Waals surface area (Å²) in [7, 11) is 0. The zero-order valence-electron chi connectivity index (χ0n) is 11.3. The van der Waals surface area contributed by atoms with E-state index in [-0.39, 0.29) is 28.9 Å². The van der Waals surface area contributed by atoms with Crippen LogP contribution in [0.5, 0.6) is 0 Å². The van der Waals surface area contributed by atoms with Crippen molar-refractivity contribution in [3.05, 3.63) is 21.6 Å². The van der Waals surface area contributed by atoms with Crippen LogP contribution < -0.4 is 16.2 Å². The van der Waals surface area contributed by atoms with Crippen molar-refractivity contribution in [2.45, 2.75) is 32.6 Å². The first kappa shape index (κ1) is 17.3. The number of hydrogen-bond donors (Lipinski definition) is 2. The number of nitrogens with one attached hydrogen (secondary N) is 2. The number of aromatic nitrogens is 2. The van der Waals surface area contributed by atoms with Gasteiger partial charge in [-0.05, 0) is 13.8 Å². The third-order valence-electron chi connectivity index (χ3n) is 2.20. The van der Waals surface area contributed by atoms with Gasteiger partial charge in [-0.1, -0.05) is 11.6 Å². The molecule has 1 aromatic heterocycles. The number of amides is 1. The molecule has 0 aliphatic carbocycles. The normalized spacial score (nSPS) is 11.6. The van der Waals surface area contributed by atoms with Gasteiger partial charge in [0.25, 0.3) is 5.56 Å². The molecule has 1 aromatic rings. The molecule has 0 radical (unpaired) electrons. The predicted molar refractivity (Wildman–Crippen MR) is 71.3 cm³/mol. The molecule has 6 nitrogen and oxygen atoms in total. The van der Waals surface area contributed by atoms with Crippen LogP contribution >= 0.6 is 11.6 Å². The fraction of sp³-hybridized carbons (Fsp3) is 0.545. The van der Waals surface area contributed by atoms with Gasteiger partial charge >= 0.3 is 6.18 Å². The molecule has 2 N–H and O–H groups in total. The summed E-state index contributed by atoms with van der Waals surface area (Å²) in [5.41, 5.74) is -1.08. The molecule has 0 aliphatic heterocycles. The fourth-order valence-corrected chi connectivity index (χ4v) is 1.63. The molecule has 0 fully saturated rings. The molecule has 10 heteroatoms. The van der Waals surface area contributed by atoms with E-state index in [1.807, 2.05) is 0 Å². The Bertz CT molecular complexity index is 572. The summed E-state index contributed by atoms with van der Waals surface area (Å²) in [5, 5.41) is 8.06. The van der Waals surface area contributed by atoms with E-state index in [9.17, 15) is 22.8 Å². The van der Waals surface area contributed by atoms with Crippen molar-refractivity contribution in [3.63, 3.8) is 0 Å². The number of carbonyl (C=O) groups is 1. The minimum Gasteiger partial charge on any atom is -0.373 e. The van der Waals surface area contributed by atoms with E-state index in [2.05, 4.69) is 15.7 Å². The van der Waals surface area contributed by atoms with E-state index >= 15 is 0 Å².